The maximum atomic E-state index is 3.68. The summed E-state index contributed by atoms with van der Waals surface area (Å²) in [6.07, 6.45) is 4.20. The van der Waals surface area contributed by atoms with Gasteiger partial charge in [-0.05, 0) is 37.4 Å². The molecule has 0 spiro atoms. The molecule has 21 heavy (non-hydrogen) atoms. The van der Waals surface area contributed by atoms with Crippen LogP contribution in [0.1, 0.15) is 26.2 Å². The Morgan fingerprint density at radius 2 is 1.81 bits per heavy atom. The molecule has 1 aliphatic carbocycles. The second-order valence-electron chi connectivity index (χ2n) is 6.48. The van der Waals surface area contributed by atoms with Crippen molar-refractivity contribution in [2.45, 2.75) is 32.2 Å². The number of para-hydroxylation sites is 1. The monoisotopic (exact) mass is 287 g/mol. The fourth-order valence-corrected chi connectivity index (χ4v) is 3.95. The Morgan fingerprint density at radius 3 is 2.52 bits per heavy atom. The number of rotatable bonds is 5. The molecule has 3 rings (SSSR count). The summed E-state index contributed by atoms with van der Waals surface area (Å²) in [4.78, 5) is 5.20. The van der Waals surface area contributed by atoms with Crippen LogP contribution >= 0.6 is 0 Å². The molecule has 2 atom stereocenters. The zero-order valence-electron chi connectivity index (χ0n) is 13.3. The highest BCUT2D eigenvalue weighted by Gasteiger charge is 2.29. The molecule has 1 aliphatic heterocycles. The molecule has 1 aromatic rings. The van der Waals surface area contributed by atoms with Gasteiger partial charge in [0.2, 0.25) is 0 Å². The molecule has 1 saturated carbocycles. The third kappa shape index (κ3) is 3.78. The van der Waals surface area contributed by atoms with Gasteiger partial charge in [-0.2, -0.15) is 0 Å². The number of nitrogens with zero attached hydrogens (tertiary/aromatic N) is 2. The molecule has 0 bridgehead atoms. The van der Waals surface area contributed by atoms with Crippen molar-refractivity contribution in [2.75, 3.05) is 44.2 Å². The van der Waals surface area contributed by atoms with Crippen LogP contribution in [0.5, 0.6) is 0 Å². The van der Waals surface area contributed by atoms with E-state index < -0.39 is 0 Å². The number of piperazine rings is 1. The Balaban J connectivity index is 1.47. The summed E-state index contributed by atoms with van der Waals surface area (Å²) in [5.41, 5.74) is 1.38. The molecule has 2 fully saturated rings. The first kappa shape index (κ1) is 14.9. The van der Waals surface area contributed by atoms with Crippen LogP contribution in [0, 0.1) is 5.92 Å². The Morgan fingerprint density at radius 1 is 1.05 bits per heavy atom. The third-order valence-electron chi connectivity index (χ3n) is 5.11. The predicted molar refractivity (Wildman–Crippen MR) is 89.9 cm³/mol. The Labute approximate surface area is 129 Å². The normalized spacial score (nSPS) is 27.2. The summed E-state index contributed by atoms with van der Waals surface area (Å²) < 4.78 is 0. The first-order valence-corrected chi connectivity index (χ1v) is 8.62. The predicted octanol–water partition coefficient (Wildman–Crippen LogP) is 2.59. The number of anilines is 1. The molecule has 0 amide bonds. The molecule has 1 aromatic carbocycles. The van der Waals surface area contributed by atoms with Crippen LogP contribution in [-0.4, -0.2) is 50.2 Å². The highest BCUT2D eigenvalue weighted by atomic mass is 15.3. The van der Waals surface area contributed by atoms with E-state index in [2.05, 4.69) is 52.4 Å². The highest BCUT2D eigenvalue weighted by Crippen LogP contribution is 2.27. The molecular weight excluding hydrogens is 258 g/mol. The summed E-state index contributed by atoms with van der Waals surface area (Å²) in [6.45, 7) is 9.40. The van der Waals surface area contributed by atoms with E-state index in [1.165, 1.54) is 57.7 Å². The standard InChI is InChI=1S/C18H29N3/c1-2-19-18-10-6-7-16(18)15-20-11-13-21(14-12-20)17-8-4-3-5-9-17/h3-5,8-9,16,18-19H,2,6-7,10-15H2,1H3. The van der Waals surface area contributed by atoms with Crippen LogP contribution < -0.4 is 10.2 Å². The maximum absolute atomic E-state index is 3.68. The Hall–Kier alpha value is -1.06. The van der Waals surface area contributed by atoms with Crippen LogP contribution in [0.15, 0.2) is 30.3 Å². The largest absolute Gasteiger partial charge is 0.369 e. The minimum Gasteiger partial charge on any atom is -0.369 e. The highest BCUT2D eigenvalue weighted by molar-refractivity contribution is 5.46. The zero-order chi connectivity index (χ0) is 14.5. The van der Waals surface area contributed by atoms with Crippen molar-refractivity contribution in [3.05, 3.63) is 30.3 Å². The van der Waals surface area contributed by atoms with Crippen LogP contribution in [0.3, 0.4) is 0 Å². The lowest BCUT2D eigenvalue weighted by Crippen LogP contribution is -2.49. The van der Waals surface area contributed by atoms with E-state index in [0.29, 0.717) is 0 Å². The molecule has 2 aliphatic rings. The van der Waals surface area contributed by atoms with Crippen molar-refractivity contribution in [2.24, 2.45) is 5.92 Å². The van der Waals surface area contributed by atoms with Gasteiger partial charge >= 0.3 is 0 Å². The van der Waals surface area contributed by atoms with Gasteiger partial charge in [-0.25, -0.2) is 0 Å². The van der Waals surface area contributed by atoms with Gasteiger partial charge in [-0.1, -0.05) is 31.5 Å². The van der Waals surface area contributed by atoms with Crippen molar-refractivity contribution in [3.63, 3.8) is 0 Å². The van der Waals surface area contributed by atoms with Gasteiger partial charge in [0, 0.05) is 44.5 Å². The van der Waals surface area contributed by atoms with Crippen LogP contribution in [-0.2, 0) is 0 Å². The zero-order valence-corrected chi connectivity index (χ0v) is 13.3. The Bertz CT molecular complexity index is 412. The molecule has 1 N–H and O–H groups in total. The number of hydrogen-bond donors (Lipinski definition) is 1. The van der Waals surface area contributed by atoms with Crippen molar-refractivity contribution >= 4 is 5.69 Å². The molecule has 0 radical (unpaired) electrons. The molecule has 3 heteroatoms. The van der Waals surface area contributed by atoms with Gasteiger partial charge < -0.3 is 10.2 Å². The Kier molecular flexibility index (Phi) is 5.15. The van der Waals surface area contributed by atoms with Crippen molar-refractivity contribution in [3.8, 4) is 0 Å². The van der Waals surface area contributed by atoms with Gasteiger partial charge in [-0.3, -0.25) is 4.90 Å². The smallest absolute Gasteiger partial charge is 0.0367 e. The number of nitrogens with one attached hydrogen (secondary N) is 1. The lowest BCUT2D eigenvalue weighted by atomic mass is 10.0. The maximum Gasteiger partial charge on any atom is 0.0367 e. The van der Waals surface area contributed by atoms with Crippen molar-refractivity contribution in [1.82, 2.24) is 10.2 Å². The van der Waals surface area contributed by atoms with Gasteiger partial charge in [-0.15, -0.1) is 0 Å². The molecular formula is C18H29N3. The van der Waals surface area contributed by atoms with Crippen LogP contribution in [0.25, 0.3) is 0 Å². The number of benzene rings is 1. The molecule has 1 heterocycles. The van der Waals surface area contributed by atoms with Gasteiger partial charge in [0.05, 0.1) is 0 Å². The third-order valence-corrected chi connectivity index (χ3v) is 5.11. The van der Waals surface area contributed by atoms with Gasteiger partial charge in [0.1, 0.15) is 0 Å². The summed E-state index contributed by atoms with van der Waals surface area (Å²) in [5, 5.41) is 3.68. The fourth-order valence-electron chi connectivity index (χ4n) is 3.95. The molecule has 2 unspecified atom stereocenters. The second-order valence-corrected chi connectivity index (χ2v) is 6.48. The lowest BCUT2D eigenvalue weighted by Gasteiger charge is -2.38. The first-order valence-electron chi connectivity index (χ1n) is 8.62. The lowest BCUT2D eigenvalue weighted by molar-refractivity contribution is 0.204. The molecule has 3 nitrogen and oxygen atoms in total. The average Bonchev–Trinajstić information content (AvgIpc) is 2.96. The number of hydrogen-bond acceptors (Lipinski definition) is 3. The molecule has 0 aromatic heterocycles. The summed E-state index contributed by atoms with van der Waals surface area (Å²) in [7, 11) is 0. The topological polar surface area (TPSA) is 18.5 Å². The van der Waals surface area contributed by atoms with Gasteiger partial charge in [0.15, 0.2) is 0 Å². The second kappa shape index (κ2) is 7.28. The van der Waals surface area contributed by atoms with Crippen molar-refractivity contribution < 1.29 is 0 Å². The minimum absolute atomic E-state index is 0.766. The van der Waals surface area contributed by atoms with E-state index in [1.54, 1.807) is 0 Å². The quantitative estimate of drug-likeness (QED) is 0.898. The van der Waals surface area contributed by atoms with E-state index in [1.807, 2.05) is 0 Å². The average molecular weight is 287 g/mol. The first-order chi connectivity index (χ1) is 10.4. The van der Waals surface area contributed by atoms with E-state index >= 15 is 0 Å². The fraction of sp³-hybridized carbons (Fsp3) is 0.667. The van der Waals surface area contributed by atoms with Gasteiger partial charge in [0.25, 0.3) is 0 Å². The van der Waals surface area contributed by atoms with Crippen LogP contribution in [0.2, 0.25) is 0 Å². The molecule has 116 valence electrons. The van der Waals surface area contributed by atoms with E-state index in [9.17, 15) is 0 Å². The van der Waals surface area contributed by atoms with E-state index in [0.717, 1.165) is 18.5 Å². The minimum atomic E-state index is 0.766. The summed E-state index contributed by atoms with van der Waals surface area (Å²) in [5.74, 6) is 0.869. The SMILES string of the molecule is CCNC1CCCC1CN1CCN(c2ccccc2)CC1. The summed E-state index contributed by atoms with van der Waals surface area (Å²) in [6, 6.07) is 11.6. The van der Waals surface area contributed by atoms with E-state index in [4.69, 9.17) is 0 Å². The van der Waals surface area contributed by atoms with E-state index in [-0.39, 0.29) is 0 Å². The van der Waals surface area contributed by atoms with Crippen molar-refractivity contribution in [1.29, 1.82) is 0 Å². The molecule has 1 saturated heterocycles. The van der Waals surface area contributed by atoms with Crippen LogP contribution in [0.4, 0.5) is 5.69 Å². The summed E-state index contributed by atoms with van der Waals surface area (Å²) >= 11 is 0.